The maximum atomic E-state index is 9.53. The summed E-state index contributed by atoms with van der Waals surface area (Å²) in [5, 5.41) is 27.7. The first kappa shape index (κ1) is 20.4. The second-order valence-corrected chi connectivity index (χ2v) is 6.99. The average molecular weight is 392 g/mol. The lowest BCUT2D eigenvalue weighted by molar-refractivity contribution is 0.864. The highest BCUT2D eigenvalue weighted by Crippen LogP contribution is 2.23. The molecule has 1 aromatic heterocycles. The highest BCUT2D eigenvalue weighted by atomic mass is 15.2. The van der Waals surface area contributed by atoms with Gasteiger partial charge in [-0.25, -0.2) is 4.98 Å². The molecule has 1 heterocycles. The van der Waals surface area contributed by atoms with Crippen LogP contribution in [0.2, 0.25) is 0 Å². The van der Waals surface area contributed by atoms with E-state index in [2.05, 4.69) is 18.2 Å². The molecule has 0 aliphatic rings. The van der Waals surface area contributed by atoms with E-state index < -0.39 is 0 Å². The summed E-state index contributed by atoms with van der Waals surface area (Å²) in [7, 11) is 3.80. The van der Waals surface area contributed by atoms with Crippen molar-refractivity contribution in [3.8, 4) is 18.2 Å². The van der Waals surface area contributed by atoms with Crippen LogP contribution in [0.25, 0.3) is 0 Å². The predicted octanol–water partition coefficient (Wildman–Crippen LogP) is 3.97. The SMILES string of the molecule is CN(Cc1cccc(C#N)c1)c1ccc(C#N)c(N(C)Cc2cccc(C#N)c2)n1. The summed E-state index contributed by atoms with van der Waals surface area (Å²) < 4.78 is 0. The molecule has 3 aromatic rings. The number of nitriles is 3. The lowest BCUT2D eigenvalue weighted by atomic mass is 10.1. The van der Waals surface area contributed by atoms with Crippen molar-refractivity contribution in [2.24, 2.45) is 0 Å². The van der Waals surface area contributed by atoms with Gasteiger partial charge in [0, 0.05) is 27.2 Å². The molecule has 30 heavy (non-hydrogen) atoms. The molecule has 2 aromatic carbocycles. The van der Waals surface area contributed by atoms with Gasteiger partial charge < -0.3 is 9.80 Å². The van der Waals surface area contributed by atoms with Crippen molar-refractivity contribution in [1.82, 2.24) is 4.98 Å². The second kappa shape index (κ2) is 9.24. The Hall–Kier alpha value is -4.34. The van der Waals surface area contributed by atoms with Gasteiger partial charge in [-0.3, -0.25) is 0 Å². The van der Waals surface area contributed by atoms with Crippen molar-refractivity contribution in [3.05, 3.63) is 88.5 Å². The van der Waals surface area contributed by atoms with Gasteiger partial charge in [0.2, 0.25) is 0 Å². The Kier molecular flexibility index (Phi) is 6.28. The van der Waals surface area contributed by atoms with Gasteiger partial charge in [-0.05, 0) is 47.5 Å². The molecule has 6 nitrogen and oxygen atoms in total. The van der Waals surface area contributed by atoms with Crippen LogP contribution < -0.4 is 9.80 Å². The fourth-order valence-electron chi connectivity index (χ4n) is 3.21. The molecule has 0 aliphatic heterocycles. The van der Waals surface area contributed by atoms with Crippen molar-refractivity contribution in [1.29, 1.82) is 15.8 Å². The van der Waals surface area contributed by atoms with Gasteiger partial charge >= 0.3 is 0 Å². The van der Waals surface area contributed by atoms with E-state index in [1.807, 2.05) is 66.4 Å². The average Bonchev–Trinajstić information content (AvgIpc) is 2.78. The fourth-order valence-corrected chi connectivity index (χ4v) is 3.21. The van der Waals surface area contributed by atoms with E-state index in [-0.39, 0.29) is 0 Å². The van der Waals surface area contributed by atoms with Crippen molar-refractivity contribution < 1.29 is 0 Å². The smallest absolute Gasteiger partial charge is 0.149 e. The van der Waals surface area contributed by atoms with Crippen molar-refractivity contribution in [3.63, 3.8) is 0 Å². The molecule has 3 rings (SSSR count). The van der Waals surface area contributed by atoms with Gasteiger partial charge in [-0.1, -0.05) is 24.3 Å². The van der Waals surface area contributed by atoms with Crippen LogP contribution in [0.4, 0.5) is 11.6 Å². The molecule has 6 heteroatoms. The number of hydrogen-bond acceptors (Lipinski definition) is 6. The first-order chi connectivity index (χ1) is 14.5. The van der Waals surface area contributed by atoms with Gasteiger partial charge in [0.05, 0.1) is 28.8 Å². The molecule has 0 atom stereocenters. The van der Waals surface area contributed by atoms with Crippen LogP contribution in [-0.2, 0) is 13.1 Å². The minimum Gasteiger partial charge on any atom is -0.355 e. The maximum Gasteiger partial charge on any atom is 0.149 e. The number of hydrogen-bond donors (Lipinski definition) is 0. The number of aromatic nitrogens is 1. The summed E-state index contributed by atoms with van der Waals surface area (Å²) in [6, 6.07) is 24.9. The highest BCUT2D eigenvalue weighted by Gasteiger charge is 2.14. The van der Waals surface area contributed by atoms with E-state index in [0.29, 0.717) is 35.6 Å². The van der Waals surface area contributed by atoms with Gasteiger partial charge in [-0.2, -0.15) is 15.8 Å². The summed E-state index contributed by atoms with van der Waals surface area (Å²) in [6.45, 7) is 1.11. The standard InChI is InChI=1S/C24H20N6/c1-29(16-20-7-3-5-18(11-20)13-25)23-10-9-22(15-27)24(28-23)30(2)17-21-8-4-6-19(12-21)14-26/h3-12H,16-17H2,1-2H3. The third kappa shape index (κ3) is 4.73. The number of anilines is 2. The maximum absolute atomic E-state index is 9.53. The molecule has 0 bridgehead atoms. The molecule has 0 N–H and O–H groups in total. The summed E-state index contributed by atoms with van der Waals surface area (Å²) in [5.74, 6) is 1.30. The first-order valence-electron chi connectivity index (χ1n) is 9.35. The lowest BCUT2D eigenvalue weighted by Crippen LogP contribution is -2.22. The van der Waals surface area contributed by atoms with Crippen LogP contribution in [0.15, 0.2) is 60.7 Å². The molecule has 0 saturated carbocycles. The van der Waals surface area contributed by atoms with Crippen LogP contribution in [0.5, 0.6) is 0 Å². The van der Waals surface area contributed by atoms with Crippen molar-refractivity contribution >= 4 is 11.6 Å². The lowest BCUT2D eigenvalue weighted by Gasteiger charge is -2.23. The molecule has 0 saturated heterocycles. The molecule has 0 aliphatic carbocycles. The van der Waals surface area contributed by atoms with E-state index in [1.165, 1.54) is 0 Å². The highest BCUT2D eigenvalue weighted by molar-refractivity contribution is 5.59. The molecule has 0 fully saturated rings. The normalized spacial score (nSPS) is 9.83. The molecule has 0 amide bonds. The van der Waals surface area contributed by atoms with Gasteiger partial charge in [0.1, 0.15) is 17.7 Å². The van der Waals surface area contributed by atoms with Crippen LogP contribution >= 0.6 is 0 Å². The molecular formula is C24H20N6. The summed E-state index contributed by atoms with van der Waals surface area (Å²) in [5.41, 5.74) is 3.67. The Morgan fingerprint density at radius 1 is 0.733 bits per heavy atom. The van der Waals surface area contributed by atoms with E-state index >= 15 is 0 Å². The van der Waals surface area contributed by atoms with Crippen LogP contribution in [0.1, 0.15) is 27.8 Å². The first-order valence-corrected chi connectivity index (χ1v) is 9.35. The Morgan fingerprint density at radius 2 is 1.30 bits per heavy atom. The summed E-state index contributed by atoms with van der Waals surface area (Å²) >= 11 is 0. The number of rotatable bonds is 6. The Morgan fingerprint density at radius 3 is 1.83 bits per heavy atom. The number of nitrogens with zero attached hydrogens (tertiary/aromatic N) is 6. The van der Waals surface area contributed by atoms with E-state index in [1.54, 1.807) is 18.2 Å². The Bertz CT molecular complexity index is 1180. The second-order valence-electron chi connectivity index (χ2n) is 6.99. The molecule has 0 spiro atoms. The molecule has 0 radical (unpaired) electrons. The minimum absolute atomic E-state index is 0.484. The van der Waals surface area contributed by atoms with Crippen molar-refractivity contribution in [2.45, 2.75) is 13.1 Å². The topological polar surface area (TPSA) is 90.7 Å². The van der Waals surface area contributed by atoms with E-state index in [9.17, 15) is 5.26 Å². The zero-order valence-corrected chi connectivity index (χ0v) is 16.9. The third-order valence-corrected chi connectivity index (χ3v) is 4.69. The molecule has 0 unspecified atom stereocenters. The van der Waals surface area contributed by atoms with Gasteiger partial charge in [0.25, 0.3) is 0 Å². The third-order valence-electron chi connectivity index (χ3n) is 4.69. The monoisotopic (exact) mass is 392 g/mol. The van der Waals surface area contributed by atoms with Crippen LogP contribution in [-0.4, -0.2) is 19.1 Å². The van der Waals surface area contributed by atoms with Crippen LogP contribution in [0, 0.1) is 34.0 Å². The van der Waals surface area contributed by atoms with E-state index in [0.717, 1.165) is 16.9 Å². The largest absolute Gasteiger partial charge is 0.355 e. The molecular weight excluding hydrogens is 372 g/mol. The predicted molar refractivity (Wildman–Crippen MR) is 115 cm³/mol. The van der Waals surface area contributed by atoms with E-state index in [4.69, 9.17) is 15.5 Å². The molecule has 146 valence electrons. The Balaban J connectivity index is 1.84. The summed E-state index contributed by atoms with van der Waals surface area (Å²) in [6.07, 6.45) is 0. The van der Waals surface area contributed by atoms with Gasteiger partial charge in [-0.15, -0.1) is 0 Å². The van der Waals surface area contributed by atoms with Crippen LogP contribution in [0.3, 0.4) is 0 Å². The summed E-state index contributed by atoms with van der Waals surface area (Å²) in [4.78, 5) is 8.60. The fraction of sp³-hybridized carbons (Fsp3) is 0.167. The quantitative estimate of drug-likeness (QED) is 0.630. The zero-order valence-electron chi connectivity index (χ0n) is 16.9. The Labute approximate surface area is 176 Å². The number of benzene rings is 2. The van der Waals surface area contributed by atoms with Crippen molar-refractivity contribution in [2.75, 3.05) is 23.9 Å². The zero-order chi connectivity index (χ0) is 21.5. The minimum atomic E-state index is 0.484. The number of pyridine rings is 1. The van der Waals surface area contributed by atoms with Gasteiger partial charge in [0.15, 0.2) is 0 Å².